The number of ether oxygens (including phenoxy) is 3. The van der Waals surface area contributed by atoms with Gasteiger partial charge in [-0.2, -0.15) is 0 Å². The molecule has 8 nitrogen and oxygen atoms in total. The number of carbonyl (C=O) groups excluding carboxylic acids is 1. The first-order valence-electron chi connectivity index (χ1n) is 14.1. The molecule has 0 radical (unpaired) electrons. The quantitative estimate of drug-likeness (QED) is 0.237. The first kappa shape index (κ1) is 30.1. The lowest BCUT2D eigenvalue weighted by molar-refractivity contribution is -0.140. The summed E-state index contributed by atoms with van der Waals surface area (Å²) in [6, 6.07) is 11.8. The third kappa shape index (κ3) is 7.08. The Bertz CT molecular complexity index is 1580. The number of rotatable bonds is 12. The van der Waals surface area contributed by atoms with Gasteiger partial charge in [-0.3, -0.25) is 9.36 Å². The van der Waals surface area contributed by atoms with Crippen molar-refractivity contribution in [2.45, 2.75) is 59.9 Å². The van der Waals surface area contributed by atoms with Gasteiger partial charge < -0.3 is 19.3 Å². The van der Waals surface area contributed by atoms with Crippen LogP contribution in [-0.2, 0) is 9.53 Å². The third-order valence-electron chi connectivity index (χ3n) is 6.58. The zero-order chi connectivity index (χ0) is 29.5. The molecule has 4 rings (SSSR count). The van der Waals surface area contributed by atoms with Gasteiger partial charge in [0, 0.05) is 0 Å². The lowest BCUT2D eigenvalue weighted by Crippen LogP contribution is -2.40. The molecule has 3 aromatic rings. The number of unbranched alkanes of at least 4 members (excludes halogenated alkanes) is 2. The monoisotopic (exact) mass is 578 g/mol. The van der Waals surface area contributed by atoms with E-state index in [1.165, 1.54) is 17.4 Å². The zero-order valence-electron chi connectivity index (χ0n) is 24.3. The van der Waals surface area contributed by atoms with Gasteiger partial charge in [-0.1, -0.05) is 63.1 Å². The highest BCUT2D eigenvalue weighted by Crippen LogP contribution is 2.32. The van der Waals surface area contributed by atoms with Crippen molar-refractivity contribution in [2.24, 2.45) is 10.9 Å². The summed E-state index contributed by atoms with van der Waals surface area (Å²) in [7, 11) is 0. The van der Waals surface area contributed by atoms with Crippen LogP contribution in [0.2, 0.25) is 0 Å². The molecule has 0 spiro atoms. The predicted molar refractivity (Wildman–Crippen MR) is 160 cm³/mol. The van der Waals surface area contributed by atoms with E-state index >= 15 is 0 Å². The Morgan fingerprint density at radius 1 is 1.12 bits per heavy atom. The molecular weight excluding hydrogens is 540 g/mol. The van der Waals surface area contributed by atoms with Crippen molar-refractivity contribution in [1.82, 2.24) is 4.57 Å². The number of fused-ring (bicyclic) bond motifs is 1. The van der Waals surface area contributed by atoms with Crippen molar-refractivity contribution in [3.63, 3.8) is 0 Å². The smallest absolute Gasteiger partial charge is 0.338 e. The molecule has 1 aliphatic heterocycles. The highest BCUT2D eigenvalue weighted by molar-refractivity contribution is 7.07. The fraction of sp³-hybridized carbons (Fsp3) is 0.406. The molecular formula is C32H38N2O6S. The molecule has 218 valence electrons. The van der Waals surface area contributed by atoms with E-state index in [2.05, 4.69) is 11.9 Å². The fourth-order valence-electron chi connectivity index (χ4n) is 4.55. The number of nitrogens with zero attached hydrogens (tertiary/aromatic N) is 2. The molecule has 2 heterocycles. The summed E-state index contributed by atoms with van der Waals surface area (Å²) >= 11 is 1.25. The minimum absolute atomic E-state index is 0.0310. The molecule has 1 N–H and O–H groups in total. The SMILES string of the molecule is CCCCCOc1ccc(C2C(C(=O)OCC(C)C)=C(C)N=c3sc(=Cc4ccc(O)c(OCC)c4)c(=O)n32)cc1. The molecule has 9 heteroatoms. The van der Waals surface area contributed by atoms with Crippen LogP contribution in [0, 0.1) is 5.92 Å². The second-order valence-corrected chi connectivity index (χ2v) is 11.4. The number of thiazole rings is 1. The minimum atomic E-state index is -0.707. The van der Waals surface area contributed by atoms with E-state index in [0.29, 0.717) is 45.1 Å². The molecule has 0 fully saturated rings. The van der Waals surface area contributed by atoms with E-state index in [0.717, 1.165) is 30.6 Å². The molecule has 1 aromatic heterocycles. The van der Waals surface area contributed by atoms with Gasteiger partial charge in [-0.05, 0) is 67.7 Å². The van der Waals surface area contributed by atoms with Crippen LogP contribution < -0.4 is 24.4 Å². The van der Waals surface area contributed by atoms with Crippen molar-refractivity contribution in [1.29, 1.82) is 0 Å². The number of aromatic hydroxyl groups is 1. The van der Waals surface area contributed by atoms with Crippen LogP contribution in [0.3, 0.4) is 0 Å². The van der Waals surface area contributed by atoms with Gasteiger partial charge in [0.1, 0.15) is 5.75 Å². The molecule has 1 aliphatic rings. The summed E-state index contributed by atoms with van der Waals surface area (Å²) in [5.41, 5.74) is 2.04. The second kappa shape index (κ2) is 13.7. The average Bonchev–Trinajstić information content (AvgIpc) is 3.25. The Kier molecular flexibility index (Phi) is 10.0. The van der Waals surface area contributed by atoms with Crippen LogP contribution in [0.1, 0.15) is 71.0 Å². The summed E-state index contributed by atoms with van der Waals surface area (Å²) in [6.45, 7) is 11.0. The topological polar surface area (TPSA) is 99.4 Å². The van der Waals surface area contributed by atoms with Crippen LogP contribution in [-0.4, -0.2) is 35.5 Å². The summed E-state index contributed by atoms with van der Waals surface area (Å²) in [4.78, 5) is 32.4. The number of phenols is 1. The lowest BCUT2D eigenvalue weighted by atomic mass is 9.96. The van der Waals surface area contributed by atoms with Crippen LogP contribution in [0.5, 0.6) is 17.2 Å². The Morgan fingerprint density at radius 2 is 1.88 bits per heavy atom. The molecule has 0 aliphatic carbocycles. The van der Waals surface area contributed by atoms with Gasteiger partial charge in [-0.25, -0.2) is 9.79 Å². The minimum Gasteiger partial charge on any atom is -0.504 e. The Morgan fingerprint density at radius 3 is 2.56 bits per heavy atom. The van der Waals surface area contributed by atoms with Crippen LogP contribution >= 0.6 is 11.3 Å². The van der Waals surface area contributed by atoms with E-state index in [-0.39, 0.29) is 23.8 Å². The lowest BCUT2D eigenvalue weighted by Gasteiger charge is -2.25. The molecule has 0 amide bonds. The number of hydrogen-bond acceptors (Lipinski definition) is 8. The summed E-state index contributed by atoms with van der Waals surface area (Å²) in [5, 5.41) is 10.1. The van der Waals surface area contributed by atoms with Gasteiger partial charge in [-0.15, -0.1) is 0 Å². The van der Waals surface area contributed by atoms with Crippen LogP contribution in [0.4, 0.5) is 0 Å². The van der Waals surface area contributed by atoms with Crippen molar-refractivity contribution in [2.75, 3.05) is 19.8 Å². The molecule has 41 heavy (non-hydrogen) atoms. The van der Waals surface area contributed by atoms with E-state index in [1.807, 2.05) is 45.0 Å². The van der Waals surface area contributed by atoms with Crippen LogP contribution in [0.15, 0.2) is 63.5 Å². The molecule has 0 saturated heterocycles. The maximum Gasteiger partial charge on any atom is 0.338 e. The Labute approximate surface area is 244 Å². The predicted octanol–water partition coefficient (Wildman–Crippen LogP) is 5.11. The first-order valence-corrected chi connectivity index (χ1v) is 14.9. The first-order chi connectivity index (χ1) is 19.7. The average molecular weight is 579 g/mol. The fourth-order valence-corrected chi connectivity index (χ4v) is 5.60. The highest BCUT2D eigenvalue weighted by atomic mass is 32.1. The van der Waals surface area contributed by atoms with E-state index in [9.17, 15) is 14.7 Å². The molecule has 1 atom stereocenters. The summed E-state index contributed by atoms with van der Waals surface area (Å²) < 4.78 is 19.0. The normalized spacial score (nSPS) is 15.1. The number of hydrogen-bond donors (Lipinski definition) is 1. The van der Waals surface area contributed by atoms with Crippen molar-refractivity contribution >= 4 is 23.4 Å². The third-order valence-corrected chi connectivity index (χ3v) is 7.57. The molecule has 1 unspecified atom stereocenters. The number of benzene rings is 2. The zero-order valence-corrected chi connectivity index (χ0v) is 25.1. The Balaban J connectivity index is 1.79. The summed E-state index contributed by atoms with van der Waals surface area (Å²) in [5.74, 6) is 0.784. The van der Waals surface area contributed by atoms with Gasteiger partial charge in [0.15, 0.2) is 16.3 Å². The maximum absolute atomic E-state index is 13.9. The number of carbonyl (C=O) groups is 1. The van der Waals surface area contributed by atoms with E-state index in [4.69, 9.17) is 14.2 Å². The van der Waals surface area contributed by atoms with Gasteiger partial charge in [0.25, 0.3) is 5.56 Å². The molecule has 2 aromatic carbocycles. The number of phenolic OH excluding ortho intramolecular Hbond substituents is 1. The maximum atomic E-state index is 13.9. The largest absolute Gasteiger partial charge is 0.504 e. The Hall–Kier alpha value is -3.85. The van der Waals surface area contributed by atoms with Crippen molar-refractivity contribution in [3.05, 3.63) is 84.5 Å². The molecule has 0 saturated carbocycles. The number of allylic oxidation sites excluding steroid dienone is 1. The second-order valence-electron chi connectivity index (χ2n) is 10.4. The number of esters is 1. The van der Waals surface area contributed by atoms with E-state index in [1.54, 1.807) is 29.7 Å². The summed E-state index contributed by atoms with van der Waals surface area (Å²) in [6.07, 6.45) is 4.95. The van der Waals surface area contributed by atoms with Crippen molar-refractivity contribution < 1.29 is 24.1 Å². The van der Waals surface area contributed by atoms with E-state index < -0.39 is 12.0 Å². The van der Waals surface area contributed by atoms with Gasteiger partial charge in [0.2, 0.25) is 0 Å². The highest BCUT2D eigenvalue weighted by Gasteiger charge is 2.33. The van der Waals surface area contributed by atoms with Crippen molar-refractivity contribution in [3.8, 4) is 17.2 Å². The van der Waals surface area contributed by atoms with Crippen LogP contribution in [0.25, 0.3) is 6.08 Å². The van der Waals surface area contributed by atoms with Gasteiger partial charge in [0.05, 0.1) is 41.7 Å². The number of aromatic nitrogens is 1. The van der Waals surface area contributed by atoms with Gasteiger partial charge >= 0.3 is 5.97 Å². The molecule has 0 bridgehead atoms. The standard InChI is InChI=1S/C32H38N2O6S/c1-6-8-9-16-39-24-13-11-23(12-14-24)29-28(31(37)40-19-20(3)4)21(5)33-32-34(29)30(36)27(41-32)18-22-10-15-25(35)26(17-22)38-7-2/h10-15,17-18,20,29,35H,6-9,16,19H2,1-5H3.